The van der Waals surface area contributed by atoms with Gasteiger partial charge in [-0.15, -0.1) is 0 Å². The molecule has 3 heterocycles. The van der Waals surface area contributed by atoms with E-state index < -0.39 is 0 Å². The van der Waals surface area contributed by atoms with Crippen molar-refractivity contribution in [2.75, 3.05) is 27.0 Å². The Balaban J connectivity index is 1.43. The molecule has 0 saturated carbocycles. The van der Waals surface area contributed by atoms with Gasteiger partial charge in [0.1, 0.15) is 24.0 Å². The van der Waals surface area contributed by atoms with E-state index >= 15 is 0 Å². The number of carbonyl (C=O) groups is 1. The van der Waals surface area contributed by atoms with E-state index in [2.05, 4.69) is 4.90 Å². The summed E-state index contributed by atoms with van der Waals surface area (Å²) in [6, 6.07) is 9.48. The fraction of sp³-hybridized carbons (Fsp3) is 0.375. The van der Waals surface area contributed by atoms with Crippen LogP contribution in [0.3, 0.4) is 0 Å². The highest BCUT2D eigenvalue weighted by Crippen LogP contribution is 2.43. The molecule has 1 unspecified atom stereocenters. The molecular weight excluding hydrogens is 382 g/mol. The van der Waals surface area contributed by atoms with Gasteiger partial charge in [-0.05, 0) is 38.0 Å². The molecule has 0 amide bonds. The van der Waals surface area contributed by atoms with Gasteiger partial charge in [-0.1, -0.05) is 18.2 Å². The van der Waals surface area contributed by atoms with Crippen LogP contribution in [-0.2, 0) is 11.3 Å². The molecule has 156 valence electrons. The van der Waals surface area contributed by atoms with Crippen molar-refractivity contribution in [1.29, 1.82) is 0 Å². The van der Waals surface area contributed by atoms with E-state index in [9.17, 15) is 4.79 Å². The normalized spacial score (nSPS) is 21.9. The Morgan fingerprint density at radius 1 is 1.27 bits per heavy atom. The fourth-order valence-corrected chi connectivity index (χ4v) is 4.42. The summed E-state index contributed by atoms with van der Waals surface area (Å²) in [5, 5.41) is 0. The zero-order valence-corrected chi connectivity index (χ0v) is 17.3. The first kappa shape index (κ1) is 19.2. The number of Topliss-reactive ketones (excluding diaryl/α,β-unsaturated/α-hetero) is 1. The fourth-order valence-electron chi connectivity index (χ4n) is 4.42. The monoisotopic (exact) mass is 407 g/mol. The lowest BCUT2D eigenvalue weighted by Gasteiger charge is -2.31. The summed E-state index contributed by atoms with van der Waals surface area (Å²) in [6.07, 6.45) is 4.22. The van der Waals surface area contributed by atoms with E-state index in [-0.39, 0.29) is 11.9 Å². The Kier molecular flexibility index (Phi) is 4.97. The van der Waals surface area contributed by atoms with Gasteiger partial charge in [-0.2, -0.15) is 0 Å². The van der Waals surface area contributed by atoms with Crippen molar-refractivity contribution >= 4 is 11.9 Å². The smallest absolute Gasteiger partial charge is 0.231 e. The summed E-state index contributed by atoms with van der Waals surface area (Å²) in [7, 11) is 1.61. The molecule has 0 aromatic heterocycles. The van der Waals surface area contributed by atoms with Crippen LogP contribution in [0.5, 0.6) is 17.2 Å². The lowest BCUT2D eigenvalue weighted by atomic mass is 9.99. The second kappa shape index (κ2) is 7.78. The van der Waals surface area contributed by atoms with Gasteiger partial charge in [-0.25, -0.2) is 0 Å². The van der Waals surface area contributed by atoms with Crippen LogP contribution in [0, 0.1) is 6.92 Å². The van der Waals surface area contributed by atoms with E-state index in [1.807, 2.05) is 37.3 Å². The quantitative estimate of drug-likeness (QED) is 0.716. The van der Waals surface area contributed by atoms with E-state index in [0.29, 0.717) is 29.6 Å². The minimum Gasteiger partial charge on any atom is -0.496 e. The first-order chi connectivity index (χ1) is 14.6. The Bertz CT molecular complexity index is 1020. The number of hydrogen-bond acceptors (Lipinski definition) is 6. The Hall–Kier alpha value is -2.83. The largest absolute Gasteiger partial charge is 0.496 e. The topological polar surface area (TPSA) is 57.2 Å². The standard InChI is InChI=1S/C24H25NO5/c1-15-23-17(12-25(14-29-23)13-18-7-5-9-28-18)10-19-22(26)21(30-24(15)19)11-16-6-3-4-8-20(16)27-2/h3-4,6,8,10-11,18H,5,7,9,12-14H2,1-2H3/b21-11-. The maximum atomic E-state index is 13.1. The van der Waals surface area contributed by atoms with E-state index in [1.165, 1.54) is 0 Å². The first-order valence-corrected chi connectivity index (χ1v) is 10.3. The number of nitrogens with zero attached hydrogens (tertiary/aromatic N) is 1. The number of fused-ring (bicyclic) bond motifs is 2. The van der Waals surface area contributed by atoms with Crippen molar-refractivity contribution in [1.82, 2.24) is 4.90 Å². The van der Waals surface area contributed by atoms with Crippen LogP contribution in [0.25, 0.3) is 6.08 Å². The minimum atomic E-state index is -0.113. The molecule has 2 aromatic carbocycles. The summed E-state index contributed by atoms with van der Waals surface area (Å²) in [5.74, 6) is 2.30. The minimum absolute atomic E-state index is 0.113. The highest BCUT2D eigenvalue weighted by Gasteiger charge is 2.34. The number of carbonyl (C=O) groups excluding carboxylic acids is 1. The summed E-state index contributed by atoms with van der Waals surface area (Å²) in [6.45, 7) is 4.90. The Morgan fingerprint density at radius 2 is 2.13 bits per heavy atom. The molecule has 2 aromatic rings. The molecule has 1 fully saturated rings. The highest BCUT2D eigenvalue weighted by atomic mass is 16.5. The molecule has 3 aliphatic heterocycles. The molecule has 0 bridgehead atoms. The van der Waals surface area contributed by atoms with Gasteiger partial charge in [0, 0.05) is 36.4 Å². The first-order valence-electron chi connectivity index (χ1n) is 10.3. The average molecular weight is 407 g/mol. The number of para-hydroxylation sites is 1. The molecule has 5 rings (SSSR count). The Morgan fingerprint density at radius 3 is 2.93 bits per heavy atom. The van der Waals surface area contributed by atoms with Crippen molar-refractivity contribution in [3.63, 3.8) is 0 Å². The molecule has 1 saturated heterocycles. The van der Waals surface area contributed by atoms with Gasteiger partial charge in [0.2, 0.25) is 5.78 Å². The summed E-state index contributed by atoms with van der Waals surface area (Å²) in [4.78, 5) is 15.3. The van der Waals surface area contributed by atoms with Crippen LogP contribution in [0.4, 0.5) is 0 Å². The van der Waals surface area contributed by atoms with Crippen LogP contribution < -0.4 is 14.2 Å². The SMILES string of the molecule is COc1ccccc1/C=C1\Oc2c(cc3c(c2C)OCN(CC2CCCO2)C3)C1=O. The molecule has 6 heteroatoms. The molecule has 0 radical (unpaired) electrons. The lowest BCUT2D eigenvalue weighted by Crippen LogP contribution is -2.37. The van der Waals surface area contributed by atoms with E-state index in [0.717, 1.165) is 55.0 Å². The second-order valence-electron chi connectivity index (χ2n) is 7.97. The maximum absolute atomic E-state index is 13.1. The summed E-state index contributed by atoms with van der Waals surface area (Å²) >= 11 is 0. The highest BCUT2D eigenvalue weighted by molar-refractivity contribution is 6.15. The predicted octanol–water partition coefficient (Wildman–Crippen LogP) is 3.95. The molecule has 30 heavy (non-hydrogen) atoms. The summed E-state index contributed by atoms with van der Waals surface area (Å²) in [5.41, 5.74) is 3.29. The average Bonchev–Trinajstić information content (AvgIpc) is 3.37. The maximum Gasteiger partial charge on any atom is 0.231 e. The third-order valence-corrected chi connectivity index (χ3v) is 5.91. The molecule has 3 aliphatic rings. The zero-order valence-electron chi connectivity index (χ0n) is 17.3. The molecular formula is C24H25NO5. The predicted molar refractivity (Wildman–Crippen MR) is 112 cm³/mol. The van der Waals surface area contributed by atoms with Crippen LogP contribution >= 0.6 is 0 Å². The molecule has 0 N–H and O–H groups in total. The van der Waals surface area contributed by atoms with E-state index in [1.54, 1.807) is 13.2 Å². The van der Waals surface area contributed by atoms with Crippen LogP contribution in [0.1, 0.15) is 39.9 Å². The van der Waals surface area contributed by atoms with Crippen molar-refractivity contribution < 1.29 is 23.7 Å². The van der Waals surface area contributed by atoms with Crippen molar-refractivity contribution in [2.24, 2.45) is 0 Å². The third-order valence-electron chi connectivity index (χ3n) is 5.91. The molecule has 0 spiro atoms. The van der Waals surface area contributed by atoms with Gasteiger partial charge >= 0.3 is 0 Å². The summed E-state index contributed by atoms with van der Waals surface area (Å²) < 4.78 is 23.2. The van der Waals surface area contributed by atoms with Gasteiger partial charge in [0.15, 0.2) is 5.76 Å². The van der Waals surface area contributed by atoms with Gasteiger partial charge in [0.25, 0.3) is 0 Å². The van der Waals surface area contributed by atoms with Crippen molar-refractivity contribution in [3.05, 3.63) is 58.3 Å². The zero-order chi connectivity index (χ0) is 20.7. The number of hydrogen-bond donors (Lipinski definition) is 0. The van der Waals surface area contributed by atoms with Gasteiger partial charge in [0.05, 0.1) is 18.8 Å². The number of rotatable bonds is 4. The number of allylic oxidation sites excluding steroid dienone is 1. The van der Waals surface area contributed by atoms with Crippen LogP contribution in [-0.4, -0.2) is 43.8 Å². The van der Waals surface area contributed by atoms with Gasteiger partial charge in [-0.3, -0.25) is 9.69 Å². The van der Waals surface area contributed by atoms with Crippen LogP contribution in [0.15, 0.2) is 36.1 Å². The molecule has 6 nitrogen and oxygen atoms in total. The third kappa shape index (κ3) is 3.36. The molecule has 0 aliphatic carbocycles. The Labute approximate surface area is 176 Å². The second-order valence-corrected chi connectivity index (χ2v) is 7.97. The van der Waals surface area contributed by atoms with Crippen LogP contribution in [0.2, 0.25) is 0 Å². The van der Waals surface area contributed by atoms with Crippen molar-refractivity contribution in [2.45, 2.75) is 32.4 Å². The number of benzene rings is 2. The number of ketones is 1. The molecule has 1 atom stereocenters. The lowest BCUT2D eigenvalue weighted by molar-refractivity contribution is 0.0276. The number of methoxy groups -OCH3 is 1. The number of ether oxygens (including phenoxy) is 4. The van der Waals surface area contributed by atoms with Crippen molar-refractivity contribution in [3.8, 4) is 17.2 Å². The van der Waals surface area contributed by atoms with Gasteiger partial charge < -0.3 is 18.9 Å². The van der Waals surface area contributed by atoms with E-state index in [4.69, 9.17) is 18.9 Å².